The first-order valence-electron chi connectivity index (χ1n) is 1.31. The number of alkyl halides is 3. The van der Waals surface area contributed by atoms with Gasteiger partial charge in [0, 0.05) is 0 Å². The molecule has 0 saturated carbocycles. The summed E-state index contributed by atoms with van der Waals surface area (Å²) in [6, 6.07) is 0. The average molecular weight is 194 g/mol. The maximum atomic E-state index is 10.7. The van der Waals surface area contributed by atoms with Crippen LogP contribution in [0.25, 0.3) is 0 Å². The summed E-state index contributed by atoms with van der Waals surface area (Å²) in [5.41, 5.74) is 3.81. The molecule has 0 heterocycles. The van der Waals surface area contributed by atoms with Gasteiger partial charge in [0.25, 0.3) is 0 Å². The molecule has 0 spiro atoms. The van der Waals surface area contributed by atoms with E-state index in [1.807, 2.05) is 0 Å². The second kappa shape index (κ2) is 2.91. The first-order chi connectivity index (χ1) is 2.94. The van der Waals surface area contributed by atoms with Gasteiger partial charge in [-0.15, -0.1) is 17.0 Å². The number of primary amides is 1. The summed E-state index contributed by atoms with van der Waals surface area (Å²) >= 11 is 0. The molecule has 0 aliphatic carbocycles. The van der Waals surface area contributed by atoms with Crippen LogP contribution in [0.3, 0.4) is 0 Å². The van der Waals surface area contributed by atoms with Crippen LogP contribution in [0.1, 0.15) is 0 Å². The second-order valence-corrected chi connectivity index (χ2v) is 0.862. The summed E-state index contributed by atoms with van der Waals surface area (Å²) in [5.74, 6) is -2.26. The lowest BCUT2D eigenvalue weighted by Gasteiger charge is -1.95. The number of rotatable bonds is 0. The summed E-state index contributed by atoms with van der Waals surface area (Å²) in [6.45, 7) is 0. The minimum Gasteiger partial charge on any atom is -0.362 e. The van der Waals surface area contributed by atoms with Gasteiger partial charge in [0.1, 0.15) is 0 Å². The number of amides is 1. The maximum absolute atomic E-state index is 10.7. The van der Waals surface area contributed by atoms with E-state index in [1.165, 1.54) is 0 Å². The fourth-order valence-electron chi connectivity index (χ4n) is 0. The monoisotopic (exact) mass is 193 g/mol. The van der Waals surface area contributed by atoms with Crippen LogP contribution in [-0.2, 0) is 4.79 Å². The Bertz CT molecular complexity index is 89.8. The lowest BCUT2D eigenvalue weighted by Crippen LogP contribution is -2.30. The molecule has 2 nitrogen and oxygen atoms in total. The van der Waals surface area contributed by atoms with Crippen molar-refractivity contribution >= 4 is 22.9 Å². The van der Waals surface area contributed by atoms with Gasteiger partial charge < -0.3 is 5.73 Å². The molecule has 0 fully saturated rings. The molecule has 1 amide bonds. The van der Waals surface area contributed by atoms with Gasteiger partial charge in [-0.05, 0) is 0 Å². The van der Waals surface area contributed by atoms with Crippen molar-refractivity contribution < 1.29 is 18.0 Å². The summed E-state index contributed by atoms with van der Waals surface area (Å²) in [5, 5.41) is 0. The van der Waals surface area contributed by atoms with E-state index in [1.54, 1.807) is 0 Å². The molecule has 0 aliphatic rings. The number of hydrogen-bond acceptors (Lipinski definition) is 1. The molecule has 0 radical (unpaired) electrons. The molecule has 0 unspecified atom stereocenters. The van der Waals surface area contributed by atoms with E-state index in [0.29, 0.717) is 0 Å². The maximum Gasteiger partial charge on any atom is 0.470 e. The zero-order valence-electron chi connectivity index (χ0n) is 3.53. The van der Waals surface area contributed by atoms with Crippen LogP contribution in [0.4, 0.5) is 13.2 Å². The van der Waals surface area contributed by atoms with Crippen molar-refractivity contribution in [2.24, 2.45) is 5.73 Å². The van der Waals surface area contributed by atoms with Gasteiger partial charge in [0.2, 0.25) is 0 Å². The highest BCUT2D eigenvalue weighted by molar-refractivity contribution is 8.93. The van der Waals surface area contributed by atoms with Crippen molar-refractivity contribution in [1.29, 1.82) is 0 Å². The molecule has 0 saturated heterocycles. The van der Waals surface area contributed by atoms with Gasteiger partial charge in [-0.2, -0.15) is 13.2 Å². The number of carbonyl (C=O) groups excluding carboxylic acids is 1. The van der Waals surface area contributed by atoms with Crippen molar-refractivity contribution in [1.82, 2.24) is 0 Å². The fraction of sp³-hybridized carbons (Fsp3) is 0.500. The van der Waals surface area contributed by atoms with Gasteiger partial charge in [0.05, 0.1) is 0 Å². The Morgan fingerprint density at radius 2 is 1.50 bits per heavy atom. The third-order valence-corrected chi connectivity index (χ3v) is 0.279. The third kappa shape index (κ3) is 3.91. The molecule has 0 aromatic heterocycles. The molecular weight excluding hydrogens is 191 g/mol. The van der Waals surface area contributed by atoms with Gasteiger partial charge in [-0.1, -0.05) is 0 Å². The van der Waals surface area contributed by atoms with E-state index in [9.17, 15) is 13.2 Å². The molecule has 0 aliphatic heterocycles. The Morgan fingerprint density at radius 3 is 1.50 bits per heavy atom. The van der Waals surface area contributed by atoms with Crippen molar-refractivity contribution in [2.45, 2.75) is 6.18 Å². The summed E-state index contributed by atoms with van der Waals surface area (Å²) in [4.78, 5) is 9.12. The van der Waals surface area contributed by atoms with Crippen molar-refractivity contribution in [3.8, 4) is 0 Å². The van der Waals surface area contributed by atoms with E-state index in [4.69, 9.17) is 4.79 Å². The minimum atomic E-state index is -4.86. The minimum absolute atomic E-state index is 0. The number of hydrogen-bond donors (Lipinski definition) is 1. The van der Waals surface area contributed by atoms with E-state index in [0.717, 1.165) is 0 Å². The van der Waals surface area contributed by atoms with Crippen LogP contribution >= 0.6 is 17.0 Å². The molecule has 2 N–H and O–H groups in total. The highest BCUT2D eigenvalue weighted by Crippen LogP contribution is 2.11. The standard InChI is InChI=1S/C2H2F3NO.BrH/c3-2(4,5)1(6)7;/h(H2,6,7);1H. The summed E-state index contributed by atoms with van der Waals surface area (Å²) < 4.78 is 32.1. The summed E-state index contributed by atoms with van der Waals surface area (Å²) in [6.07, 6.45) is -4.86. The van der Waals surface area contributed by atoms with Gasteiger partial charge >= 0.3 is 12.1 Å². The predicted molar refractivity (Wildman–Crippen MR) is 25.6 cm³/mol. The number of nitrogens with two attached hydrogens (primary N) is 1. The van der Waals surface area contributed by atoms with Crippen LogP contribution in [-0.4, -0.2) is 12.1 Å². The lowest BCUT2D eigenvalue weighted by atomic mass is 10.6. The average Bonchev–Trinajstić information content (AvgIpc) is 1.31. The highest BCUT2D eigenvalue weighted by Gasteiger charge is 2.35. The molecule has 6 heteroatoms. The first-order valence-corrected chi connectivity index (χ1v) is 1.31. The summed E-state index contributed by atoms with van der Waals surface area (Å²) in [7, 11) is 0. The van der Waals surface area contributed by atoms with Crippen LogP contribution in [0, 0.1) is 0 Å². The van der Waals surface area contributed by atoms with Crippen molar-refractivity contribution in [3.05, 3.63) is 0 Å². The zero-order valence-corrected chi connectivity index (χ0v) is 5.24. The Balaban J connectivity index is 0. The fourth-order valence-corrected chi connectivity index (χ4v) is 0. The smallest absolute Gasteiger partial charge is 0.362 e. The number of carbonyl (C=O) groups is 1. The molecule has 8 heavy (non-hydrogen) atoms. The quantitative estimate of drug-likeness (QED) is 0.603. The predicted octanol–water partition coefficient (Wildman–Crippen LogP) is 0.612. The van der Waals surface area contributed by atoms with Crippen LogP contribution in [0.2, 0.25) is 0 Å². The first kappa shape index (κ1) is 10.7. The second-order valence-electron chi connectivity index (χ2n) is 0.862. The van der Waals surface area contributed by atoms with Gasteiger partial charge in [-0.3, -0.25) is 4.79 Å². The molecule has 0 bridgehead atoms. The van der Waals surface area contributed by atoms with E-state index >= 15 is 0 Å². The molecule has 50 valence electrons. The molecular formula is C2H3BrF3NO. The molecule has 0 atom stereocenters. The topological polar surface area (TPSA) is 43.1 Å². The SMILES string of the molecule is Br.NC(=O)C(F)(F)F. The Labute approximate surface area is 53.6 Å². The van der Waals surface area contributed by atoms with E-state index in [-0.39, 0.29) is 17.0 Å². The molecule has 0 aromatic carbocycles. The van der Waals surface area contributed by atoms with Crippen LogP contribution in [0.15, 0.2) is 0 Å². The van der Waals surface area contributed by atoms with Gasteiger partial charge in [0.15, 0.2) is 0 Å². The zero-order chi connectivity index (χ0) is 6.08. The van der Waals surface area contributed by atoms with Gasteiger partial charge in [-0.25, -0.2) is 0 Å². The highest BCUT2D eigenvalue weighted by atomic mass is 79.9. The van der Waals surface area contributed by atoms with Crippen LogP contribution < -0.4 is 5.73 Å². The van der Waals surface area contributed by atoms with Crippen LogP contribution in [0.5, 0.6) is 0 Å². The third-order valence-electron chi connectivity index (χ3n) is 0.279. The Morgan fingerprint density at radius 1 is 1.38 bits per heavy atom. The largest absolute Gasteiger partial charge is 0.470 e. The van der Waals surface area contributed by atoms with E-state index < -0.39 is 12.1 Å². The normalized spacial score (nSPS) is 9.88. The van der Waals surface area contributed by atoms with E-state index in [2.05, 4.69) is 5.73 Å². The lowest BCUT2D eigenvalue weighted by molar-refractivity contribution is -0.169. The Hall–Kier alpha value is -0.260. The van der Waals surface area contributed by atoms with Crippen molar-refractivity contribution in [2.75, 3.05) is 0 Å². The molecule has 0 rings (SSSR count). The van der Waals surface area contributed by atoms with Crippen molar-refractivity contribution in [3.63, 3.8) is 0 Å². The number of halogens is 4. The Kier molecular flexibility index (Phi) is 3.88. The molecule has 0 aromatic rings.